The van der Waals surface area contributed by atoms with E-state index in [1.54, 1.807) is 0 Å². The smallest absolute Gasteiger partial charge is 0.0273 e. The van der Waals surface area contributed by atoms with Gasteiger partial charge in [-0.1, -0.05) is 6.42 Å². The van der Waals surface area contributed by atoms with Gasteiger partial charge in [-0.25, -0.2) is 0 Å². The van der Waals surface area contributed by atoms with Crippen LogP contribution in [0.1, 0.15) is 25.7 Å². The second kappa shape index (κ2) is 5.78. The standard InChI is InChI=1S/C13H25N3/c1-14-11-12-4-3-5-13(10-12)16-8-6-15(2)7-9-16/h11-13H,3-10H2,1-2H3/t12?,13-/m1/s1. The van der Waals surface area contributed by atoms with Crippen molar-refractivity contribution in [3.8, 4) is 0 Å². The molecule has 0 N–H and O–H groups in total. The number of rotatable bonds is 2. The van der Waals surface area contributed by atoms with Crippen molar-refractivity contribution in [3.63, 3.8) is 0 Å². The minimum atomic E-state index is 0.739. The van der Waals surface area contributed by atoms with E-state index < -0.39 is 0 Å². The first-order chi connectivity index (χ1) is 7.79. The fraction of sp³-hybridized carbons (Fsp3) is 0.923. The first kappa shape index (κ1) is 12.1. The second-order valence-corrected chi connectivity index (χ2v) is 5.33. The molecule has 1 heterocycles. The molecule has 0 aromatic carbocycles. The van der Waals surface area contributed by atoms with Crippen LogP contribution in [0.4, 0.5) is 0 Å². The van der Waals surface area contributed by atoms with E-state index in [-0.39, 0.29) is 0 Å². The number of hydrogen-bond donors (Lipinski definition) is 0. The molecule has 1 saturated heterocycles. The Kier molecular flexibility index (Phi) is 4.36. The van der Waals surface area contributed by atoms with Gasteiger partial charge in [-0.3, -0.25) is 4.90 Å². The molecule has 0 bridgehead atoms. The molecule has 3 heteroatoms. The number of nitrogens with zero attached hydrogens (tertiary/aromatic N) is 3. The van der Waals surface area contributed by atoms with E-state index in [1.165, 1.54) is 51.9 Å². The maximum atomic E-state index is 4.20. The van der Waals surface area contributed by atoms with E-state index in [0.717, 1.165) is 12.0 Å². The first-order valence-corrected chi connectivity index (χ1v) is 6.64. The minimum Gasteiger partial charge on any atom is -0.304 e. The van der Waals surface area contributed by atoms with Crippen molar-refractivity contribution < 1.29 is 0 Å². The van der Waals surface area contributed by atoms with Gasteiger partial charge < -0.3 is 9.89 Å². The highest BCUT2D eigenvalue weighted by atomic mass is 15.3. The van der Waals surface area contributed by atoms with Gasteiger partial charge in [-0.05, 0) is 32.2 Å². The van der Waals surface area contributed by atoms with Crippen molar-refractivity contribution in [2.24, 2.45) is 10.9 Å². The summed E-state index contributed by atoms with van der Waals surface area (Å²) in [7, 11) is 4.13. The molecule has 0 aromatic heterocycles. The predicted molar refractivity (Wildman–Crippen MR) is 69.2 cm³/mol. The van der Waals surface area contributed by atoms with Crippen LogP contribution in [0.15, 0.2) is 4.99 Å². The third-order valence-electron chi connectivity index (χ3n) is 4.10. The van der Waals surface area contributed by atoms with Gasteiger partial charge >= 0.3 is 0 Å². The van der Waals surface area contributed by atoms with Crippen molar-refractivity contribution in [1.82, 2.24) is 9.80 Å². The number of likely N-dealkylation sites (N-methyl/N-ethyl adjacent to an activating group) is 1. The van der Waals surface area contributed by atoms with Crippen LogP contribution in [-0.4, -0.2) is 62.3 Å². The zero-order chi connectivity index (χ0) is 11.4. The first-order valence-electron chi connectivity index (χ1n) is 6.64. The van der Waals surface area contributed by atoms with E-state index in [4.69, 9.17) is 0 Å². The molecule has 2 atom stereocenters. The minimum absolute atomic E-state index is 0.739. The maximum absolute atomic E-state index is 4.20. The molecule has 0 spiro atoms. The van der Waals surface area contributed by atoms with Gasteiger partial charge in [0.2, 0.25) is 0 Å². The molecule has 2 aliphatic rings. The van der Waals surface area contributed by atoms with Gasteiger partial charge in [0, 0.05) is 45.5 Å². The highest BCUT2D eigenvalue weighted by Gasteiger charge is 2.27. The molecule has 2 fully saturated rings. The summed E-state index contributed by atoms with van der Waals surface area (Å²) in [4.78, 5) is 9.34. The Hall–Kier alpha value is -0.410. The molecule has 0 aromatic rings. The monoisotopic (exact) mass is 223 g/mol. The second-order valence-electron chi connectivity index (χ2n) is 5.33. The molecule has 1 aliphatic carbocycles. The van der Waals surface area contributed by atoms with E-state index in [9.17, 15) is 0 Å². The van der Waals surface area contributed by atoms with E-state index in [2.05, 4.69) is 28.1 Å². The molecule has 1 aliphatic heterocycles. The van der Waals surface area contributed by atoms with Gasteiger partial charge in [0.15, 0.2) is 0 Å². The predicted octanol–water partition coefficient (Wildman–Crippen LogP) is 1.49. The lowest BCUT2D eigenvalue weighted by Crippen LogP contribution is -2.50. The van der Waals surface area contributed by atoms with Crippen LogP contribution in [0.25, 0.3) is 0 Å². The van der Waals surface area contributed by atoms with Gasteiger partial charge in [0.25, 0.3) is 0 Å². The Morgan fingerprint density at radius 2 is 1.88 bits per heavy atom. The SMILES string of the molecule is CN=CC1CCC[C@@H](N2CCN(C)CC2)C1. The van der Waals surface area contributed by atoms with Crippen LogP contribution < -0.4 is 0 Å². The number of piperazine rings is 1. The Bertz CT molecular complexity index is 231. The molecule has 16 heavy (non-hydrogen) atoms. The van der Waals surface area contributed by atoms with Crippen molar-refractivity contribution in [1.29, 1.82) is 0 Å². The van der Waals surface area contributed by atoms with E-state index in [0.29, 0.717) is 0 Å². The van der Waals surface area contributed by atoms with Crippen molar-refractivity contribution in [3.05, 3.63) is 0 Å². The third-order valence-corrected chi connectivity index (χ3v) is 4.10. The lowest BCUT2D eigenvalue weighted by atomic mass is 9.85. The molecular formula is C13H25N3. The molecule has 0 amide bonds. The van der Waals surface area contributed by atoms with Crippen molar-refractivity contribution in [2.75, 3.05) is 40.3 Å². The Morgan fingerprint density at radius 3 is 2.56 bits per heavy atom. The van der Waals surface area contributed by atoms with Gasteiger partial charge in [-0.2, -0.15) is 0 Å². The third kappa shape index (κ3) is 3.05. The van der Waals surface area contributed by atoms with Crippen LogP contribution in [0.3, 0.4) is 0 Å². The van der Waals surface area contributed by atoms with Crippen LogP contribution in [0.5, 0.6) is 0 Å². The summed E-state index contributed by atoms with van der Waals surface area (Å²) in [6.45, 7) is 5.00. The molecule has 2 rings (SSSR count). The van der Waals surface area contributed by atoms with E-state index >= 15 is 0 Å². The topological polar surface area (TPSA) is 18.8 Å². The van der Waals surface area contributed by atoms with Gasteiger partial charge in [-0.15, -0.1) is 0 Å². The normalized spacial score (nSPS) is 34.6. The summed E-state index contributed by atoms with van der Waals surface area (Å²) in [6, 6.07) is 0.824. The van der Waals surface area contributed by atoms with Gasteiger partial charge in [0.05, 0.1) is 0 Å². The summed E-state index contributed by atoms with van der Waals surface area (Å²) in [6.07, 6.45) is 7.64. The molecular weight excluding hydrogens is 198 g/mol. The molecule has 1 saturated carbocycles. The summed E-state index contributed by atoms with van der Waals surface area (Å²) in [5.41, 5.74) is 0. The lowest BCUT2D eigenvalue weighted by Gasteiger charge is -2.41. The fourth-order valence-electron chi connectivity index (χ4n) is 3.07. The highest BCUT2D eigenvalue weighted by molar-refractivity contribution is 5.60. The number of hydrogen-bond acceptors (Lipinski definition) is 3. The molecule has 0 radical (unpaired) electrons. The van der Waals surface area contributed by atoms with Crippen molar-refractivity contribution >= 4 is 6.21 Å². The maximum Gasteiger partial charge on any atom is 0.0273 e. The zero-order valence-corrected chi connectivity index (χ0v) is 10.7. The quantitative estimate of drug-likeness (QED) is 0.661. The summed E-state index contributed by atoms with van der Waals surface area (Å²) < 4.78 is 0. The van der Waals surface area contributed by atoms with Crippen LogP contribution in [-0.2, 0) is 0 Å². The molecule has 3 nitrogen and oxygen atoms in total. The average molecular weight is 223 g/mol. The van der Waals surface area contributed by atoms with Crippen LogP contribution in [0.2, 0.25) is 0 Å². The lowest BCUT2D eigenvalue weighted by molar-refractivity contribution is 0.0856. The summed E-state index contributed by atoms with van der Waals surface area (Å²) >= 11 is 0. The molecule has 1 unspecified atom stereocenters. The summed E-state index contributed by atoms with van der Waals surface area (Å²) in [5.74, 6) is 0.739. The fourth-order valence-corrected chi connectivity index (χ4v) is 3.07. The Labute approximate surface area is 99.5 Å². The van der Waals surface area contributed by atoms with Crippen LogP contribution in [0, 0.1) is 5.92 Å². The summed E-state index contributed by atoms with van der Waals surface area (Å²) in [5, 5.41) is 0. The highest BCUT2D eigenvalue weighted by Crippen LogP contribution is 2.27. The van der Waals surface area contributed by atoms with Crippen LogP contribution >= 0.6 is 0 Å². The Morgan fingerprint density at radius 1 is 1.12 bits per heavy atom. The zero-order valence-electron chi connectivity index (χ0n) is 10.7. The number of aliphatic imine (C=N–C) groups is 1. The largest absolute Gasteiger partial charge is 0.304 e. The molecule has 92 valence electrons. The average Bonchev–Trinajstić information content (AvgIpc) is 2.31. The Balaban J connectivity index is 1.84. The van der Waals surface area contributed by atoms with Gasteiger partial charge in [0.1, 0.15) is 0 Å². The van der Waals surface area contributed by atoms with E-state index in [1.807, 2.05) is 7.05 Å². The van der Waals surface area contributed by atoms with Crippen molar-refractivity contribution in [2.45, 2.75) is 31.7 Å².